The Labute approximate surface area is 121 Å². The molecule has 0 aromatic carbocycles. The van der Waals surface area contributed by atoms with Crippen LogP contribution in [0.3, 0.4) is 0 Å². The number of furan rings is 1. The summed E-state index contributed by atoms with van der Waals surface area (Å²) >= 11 is 0. The number of hydrogen-bond donors (Lipinski definition) is 1. The molecule has 1 aromatic heterocycles. The molecule has 2 fully saturated rings. The highest BCUT2D eigenvalue weighted by atomic mass is 16.5. The van der Waals surface area contributed by atoms with Crippen LogP contribution in [0.25, 0.3) is 0 Å². The van der Waals surface area contributed by atoms with E-state index in [9.17, 15) is 0 Å². The third kappa shape index (κ3) is 3.84. The molecule has 112 valence electrons. The van der Waals surface area contributed by atoms with Gasteiger partial charge >= 0.3 is 0 Å². The number of hydrogen-bond acceptors (Lipinski definition) is 4. The molecule has 1 N–H and O–H groups in total. The number of aryl methyl sites for hydroxylation is 1. The molecule has 0 amide bonds. The maximum absolute atomic E-state index is 6.04. The standard InChI is InChI=1S/C16H26N2O2/c1-12-13(9-16(20-12)10-17-14-3-4-14)11-19-15-5-7-18(2)8-6-15/h9,14-15,17H,3-8,10-11H2,1-2H3. The van der Waals surface area contributed by atoms with Crippen LogP contribution >= 0.6 is 0 Å². The molecule has 0 bridgehead atoms. The summed E-state index contributed by atoms with van der Waals surface area (Å²) in [6.07, 6.45) is 5.32. The van der Waals surface area contributed by atoms with Crippen molar-refractivity contribution in [2.45, 2.75) is 57.9 Å². The predicted molar refractivity (Wildman–Crippen MR) is 78.6 cm³/mol. The summed E-state index contributed by atoms with van der Waals surface area (Å²) in [7, 11) is 2.18. The van der Waals surface area contributed by atoms with Crippen molar-refractivity contribution >= 4 is 0 Å². The molecule has 3 rings (SSSR count). The van der Waals surface area contributed by atoms with Gasteiger partial charge in [-0.3, -0.25) is 0 Å². The van der Waals surface area contributed by atoms with Crippen molar-refractivity contribution in [2.75, 3.05) is 20.1 Å². The number of rotatable bonds is 6. The first-order valence-corrected chi connectivity index (χ1v) is 7.82. The van der Waals surface area contributed by atoms with Gasteiger partial charge in [0, 0.05) is 24.7 Å². The highest BCUT2D eigenvalue weighted by molar-refractivity contribution is 5.20. The van der Waals surface area contributed by atoms with Gasteiger partial charge in [0.25, 0.3) is 0 Å². The third-order valence-corrected chi connectivity index (χ3v) is 4.35. The van der Waals surface area contributed by atoms with E-state index in [1.807, 2.05) is 6.92 Å². The van der Waals surface area contributed by atoms with E-state index in [4.69, 9.17) is 9.15 Å². The minimum atomic E-state index is 0.411. The lowest BCUT2D eigenvalue weighted by Crippen LogP contribution is -2.34. The first-order chi connectivity index (χ1) is 9.70. The SMILES string of the molecule is Cc1oc(CNC2CC2)cc1COC1CCN(C)CC1. The second-order valence-electron chi connectivity index (χ2n) is 6.26. The second-order valence-corrected chi connectivity index (χ2v) is 6.26. The summed E-state index contributed by atoms with van der Waals surface area (Å²) in [5.41, 5.74) is 1.21. The fraction of sp³-hybridized carbons (Fsp3) is 0.750. The number of likely N-dealkylation sites (tertiary alicyclic amines) is 1. The summed E-state index contributed by atoms with van der Waals surface area (Å²) < 4.78 is 11.8. The number of piperidine rings is 1. The summed E-state index contributed by atoms with van der Waals surface area (Å²) in [4.78, 5) is 2.37. The van der Waals surface area contributed by atoms with Crippen molar-refractivity contribution < 1.29 is 9.15 Å². The molecule has 1 saturated heterocycles. The number of nitrogens with zero attached hydrogens (tertiary/aromatic N) is 1. The summed E-state index contributed by atoms with van der Waals surface area (Å²) in [5, 5.41) is 3.48. The van der Waals surface area contributed by atoms with Gasteiger partial charge in [0.05, 0.1) is 19.3 Å². The van der Waals surface area contributed by atoms with Gasteiger partial charge in [-0.1, -0.05) is 0 Å². The molecule has 1 aromatic rings. The third-order valence-electron chi connectivity index (χ3n) is 4.35. The van der Waals surface area contributed by atoms with Gasteiger partial charge in [0.2, 0.25) is 0 Å². The monoisotopic (exact) mass is 278 g/mol. The Kier molecular flexibility index (Phi) is 4.44. The lowest BCUT2D eigenvalue weighted by molar-refractivity contribution is 0.00171. The average Bonchev–Trinajstić information content (AvgIpc) is 3.20. The average molecular weight is 278 g/mol. The van der Waals surface area contributed by atoms with Crippen molar-refractivity contribution in [2.24, 2.45) is 0 Å². The number of ether oxygens (including phenoxy) is 1. The molecule has 4 nitrogen and oxygen atoms in total. The molecule has 0 unspecified atom stereocenters. The molecule has 2 heterocycles. The van der Waals surface area contributed by atoms with Crippen LogP contribution in [0.5, 0.6) is 0 Å². The first kappa shape index (κ1) is 14.1. The zero-order valence-corrected chi connectivity index (χ0v) is 12.7. The van der Waals surface area contributed by atoms with Gasteiger partial charge in [0.15, 0.2) is 0 Å². The fourth-order valence-electron chi connectivity index (χ4n) is 2.71. The minimum Gasteiger partial charge on any atom is -0.465 e. The molecule has 0 atom stereocenters. The Morgan fingerprint density at radius 3 is 2.75 bits per heavy atom. The second kappa shape index (κ2) is 6.29. The molecule has 2 aliphatic rings. The maximum Gasteiger partial charge on any atom is 0.118 e. The van der Waals surface area contributed by atoms with Crippen molar-refractivity contribution in [1.82, 2.24) is 10.2 Å². The molecule has 20 heavy (non-hydrogen) atoms. The van der Waals surface area contributed by atoms with Crippen LogP contribution in [0.1, 0.15) is 42.8 Å². The van der Waals surface area contributed by atoms with Crippen LogP contribution in [-0.2, 0) is 17.9 Å². The molecular formula is C16H26N2O2. The number of nitrogens with one attached hydrogen (secondary N) is 1. The Hall–Kier alpha value is -0.840. The first-order valence-electron chi connectivity index (χ1n) is 7.82. The van der Waals surface area contributed by atoms with Crippen LogP contribution < -0.4 is 5.32 Å². The largest absolute Gasteiger partial charge is 0.465 e. The topological polar surface area (TPSA) is 37.6 Å². The Bertz CT molecular complexity index is 432. The van der Waals surface area contributed by atoms with Gasteiger partial charge in [0.1, 0.15) is 11.5 Å². The summed E-state index contributed by atoms with van der Waals surface area (Å²) in [5.74, 6) is 2.04. The van der Waals surface area contributed by atoms with E-state index >= 15 is 0 Å². The van der Waals surface area contributed by atoms with E-state index in [-0.39, 0.29) is 0 Å². The predicted octanol–water partition coefficient (Wildman–Crippen LogP) is 2.45. The van der Waals surface area contributed by atoms with Gasteiger partial charge < -0.3 is 19.4 Å². The van der Waals surface area contributed by atoms with E-state index in [0.29, 0.717) is 12.7 Å². The summed E-state index contributed by atoms with van der Waals surface area (Å²) in [6, 6.07) is 2.87. The van der Waals surface area contributed by atoms with E-state index in [0.717, 1.165) is 50.0 Å². The van der Waals surface area contributed by atoms with E-state index in [1.165, 1.54) is 18.4 Å². The van der Waals surface area contributed by atoms with E-state index in [1.54, 1.807) is 0 Å². The van der Waals surface area contributed by atoms with Gasteiger partial charge in [-0.05, 0) is 45.7 Å². The smallest absolute Gasteiger partial charge is 0.118 e. The quantitative estimate of drug-likeness (QED) is 0.867. The van der Waals surface area contributed by atoms with E-state index < -0.39 is 0 Å². The highest BCUT2D eigenvalue weighted by Gasteiger charge is 2.21. The fourth-order valence-corrected chi connectivity index (χ4v) is 2.71. The van der Waals surface area contributed by atoms with E-state index in [2.05, 4.69) is 23.3 Å². The van der Waals surface area contributed by atoms with Crippen LogP contribution in [0.15, 0.2) is 10.5 Å². The molecule has 0 radical (unpaired) electrons. The zero-order valence-electron chi connectivity index (χ0n) is 12.7. The lowest BCUT2D eigenvalue weighted by Gasteiger charge is -2.28. The molecule has 1 aliphatic carbocycles. The molecular weight excluding hydrogens is 252 g/mol. The van der Waals surface area contributed by atoms with Gasteiger partial charge in [-0.15, -0.1) is 0 Å². The van der Waals surface area contributed by atoms with Crippen LogP contribution in [0.4, 0.5) is 0 Å². The zero-order chi connectivity index (χ0) is 13.9. The molecule has 1 aliphatic heterocycles. The molecule has 4 heteroatoms. The van der Waals surface area contributed by atoms with Gasteiger partial charge in [-0.25, -0.2) is 0 Å². The Morgan fingerprint density at radius 2 is 2.05 bits per heavy atom. The lowest BCUT2D eigenvalue weighted by atomic mass is 10.1. The highest BCUT2D eigenvalue weighted by Crippen LogP contribution is 2.22. The van der Waals surface area contributed by atoms with Crippen molar-refractivity contribution in [1.29, 1.82) is 0 Å². The Balaban J connectivity index is 1.46. The van der Waals surface area contributed by atoms with Crippen LogP contribution in [0.2, 0.25) is 0 Å². The van der Waals surface area contributed by atoms with Crippen LogP contribution in [0, 0.1) is 6.92 Å². The van der Waals surface area contributed by atoms with Crippen LogP contribution in [-0.4, -0.2) is 37.2 Å². The Morgan fingerprint density at radius 1 is 1.30 bits per heavy atom. The van der Waals surface area contributed by atoms with Crippen molar-refractivity contribution in [3.05, 3.63) is 23.2 Å². The van der Waals surface area contributed by atoms with Crippen molar-refractivity contribution in [3.8, 4) is 0 Å². The van der Waals surface area contributed by atoms with Gasteiger partial charge in [-0.2, -0.15) is 0 Å². The molecule has 0 spiro atoms. The van der Waals surface area contributed by atoms with Crippen molar-refractivity contribution in [3.63, 3.8) is 0 Å². The molecule has 1 saturated carbocycles. The summed E-state index contributed by atoms with van der Waals surface area (Å²) in [6.45, 7) is 5.86. The normalized spacial score (nSPS) is 21.5. The minimum absolute atomic E-state index is 0.411. The maximum atomic E-state index is 6.04.